The van der Waals surface area contributed by atoms with Crippen molar-refractivity contribution in [1.29, 1.82) is 0 Å². The summed E-state index contributed by atoms with van der Waals surface area (Å²) in [6, 6.07) is 0. The van der Waals surface area contributed by atoms with Gasteiger partial charge in [-0.3, -0.25) is 0 Å². The van der Waals surface area contributed by atoms with Crippen molar-refractivity contribution in [3.05, 3.63) is 12.7 Å². The molecule has 1 saturated carbocycles. The molecule has 0 atom stereocenters. The average molecular weight is 248 g/mol. The van der Waals surface area contributed by atoms with Crippen molar-refractivity contribution in [1.82, 2.24) is 14.9 Å². The van der Waals surface area contributed by atoms with Crippen LogP contribution in [-0.2, 0) is 0 Å². The molecule has 1 aliphatic carbocycles. The third-order valence-corrected chi connectivity index (χ3v) is 3.59. The van der Waals surface area contributed by atoms with Crippen LogP contribution < -0.4 is 0 Å². The van der Waals surface area contributed by atoms with Gasteiger partial charge in [0.1, 0.15) is 12.7 Å². The van der Waals surface area contributed by atoms with Gasteiger partial charge in [-0.15, -0.1) is 10.2 Å². The molecule has 0 unspecified atom stereocenters. The molecule has 0 N–H and O–H groups in total. The molecule has 100 valence electrons. The molecule has 2 rings (SSSR count). The highest BCUT2D eigenvalue weighted by Gasteiger charge is 2.03. The van der Waals surface area contributed by atoms with E-state index in [0.29, 0.717) is 0 Å². The van der Waals surface area contributed by atoms with Gasteiger partial charge in [0, 0.05) is 5.71 Å². The Balaban J connectivity index is 1.89. The van der Waals surface area contributed by atoms with Gasteiger partial charge in [-0.2, -0.15) is 5.10 Å². The Bertz CT molecular complexity index is 329. The zero-order valence-electron chi connectivity index (χ0n) is 11.2. The Morgan fingerprint density at radius 3 is 1.67 bits per heavy atom. The minimum Gasteiger partial charge on any atom is -0.208 e. The van der Waals surface area contributed by atoms with Gasteiger partial charge < -0.3 is 0 Å². The van der Waals surface area contributed by atoms with Gasteiger partial charge in [0.2, 0.25) is 0 Å². The van der Waals surface area contributed by atoms with Gasteiger partial charge in [-0.25, -0.2) is 4.68 Å². The Hall–Kier alpha value is -1.19. The molecule has 18 heavy (non-hydrogen) atoms. The van der Waals surface area contributed by atoms with Gasteiger partial charge in [-0.05, 0) is 25.7 Å². The van der Waals surface area contributed by atoms with E-state index in [9.17, 15) is 0 Å². The molecular formula is C14H24N4. The van der Waals surface area contributed by atoms with Crippen molar-refractivity contribution in [3.63, 3.8) is 0 Å². The highest BCUT2D eigenvalue weighted by Crippen LogP contribution is 2.15. The van der Waals surface area contributed by atoms with E-state index < -0.39 is 0 Å². The SMILES string of the molecule is c1nncn1N=C1CCCCCCCCCCC1. The molecule has 1 heterocycles. The van der Waals surface area contributed by atoms with Gasteiger partial charge in [0.25, 0.3) is 0 Å². The molecule has 4 nitrogen and oxygen atoms in total. The van der Waals surface area contributed by atoms with Crippen molar-refractivity contribution in [3.8, 4) is 0 Å². The Labute approximate surface area is 109 Å². The third-order valence-electron chi connectivity index (χ3n) is 3.59. The van der Waals surface area contributed by atoms with E-state index in [1.165, 1.54) is 63.5 Å². The average Bonchev–Trinajstić information content (AvgIpc) is 2.85. The topological polar surface area (TPSA) is 43.1 Å². The number of hydrogen-bond donors (Lipinski definition) is 0. The van der Waals surface area contributed by atoms with Crippen molar-refractivity contribution in [2.24, 2.45) is 5.10 Å². The number of rotatable bonds is 1. The van der Waals surface area contributed by atoms with Crippen LogP contribution in [0, 0.1) is 0 Å². The van der Waals surface area contributed by atoms with E-state index in [-0.39, 0.29) is 0 Å². The lowest BCUT2D eigenvalue weighted by atomic mass is 10.00. The summed E-state index contributed by atoms with van der Waals surface area (Å²) in [7, 11) is 0. The summed E-state index contributed by atoms with van der Waals surface area (Å²) < 4.78 is 1.74. The van der Waals surface area contributed by atoms with Gasteiger partial charge >= 0.3 is 0 Å². The van der Waals surface area contributed by atoms with E-state index in [1.807, 2.05) is 0 Å². The lowest BCUT2D eigenvalue weighted by Crippen LogP contribution is -2.03. The summed E-state index contributed by atoms with van der Waals surface area (Å²) in [5.41, 5.74) is 1.32. The minimum absolute atomic E-state index is 1.14. The third kappa shape index (κ3) is 4.98. The fourth-order valence-electron chi connectivity index (χ4n) is 2.53. The first-order valence-corrected chi connectivity index (χ1v) is 7.36. The van der Waals surface area contributed by atoms with Crippen LogP contribution in [0.25, 0.3) is 0 Å². The summed E-state index contributed by atoms with van der Waals surface area (Å²) in [6.45, 7) is 0. The van der Waals surface area contributed by atoms with E-state index in [4.69, 9.17) is 0 Å². The summed E-state index contributed by atoms with van der Waals surface area (Å²) in [5.74, 6) is 0. The van der Waals surface area contributed by atoms with Crippen LogP contribution in [0.5, 0.6) is 0 Å². The second kappa shape index (κ2) is 8.01. The maximum Gasteiger partial charge on any atom is 0.141 e. The second-order valence-corrected chi connectivity index (χ2v) is 5.19. The molecule has 0 aromatic carbocycles. The largest absolute Gasteiger partial charge is 0.208 e. The number of hydrogen-bond acceptors (Lipinski definition) is 3. The van der Waals surface area contributed by atoms with Crippen molar-refractivity contribution < 1.29 is 0 Å². The Morgan fingerprint density at radius 2 is 1.17 bits per heavy atom. The first-order chi connectivity index (χ1) is 8.95. The quantitative estimate of drug-likeness (QED) is 0.759. The van der Waals surface area contributed by atoms with Crippen LogP contribution in [-0.4, -0.2) is 20.6 Å². The van der Waals surface area contributed by atoms with Crippen LogP contribution in [0.4, 0.5) is 0 Å². The number of aromatic nitrogens is 3. The Morgan fingerprint density at radius 1 is 0.722 bits per heavy atom. The Kier molecular flexibility index (Phi) is 5.89. The highest BCUT2D eigenvalue weighted by molar-refractivity contribution is 5.84. The lowest BCUT2D eigenvalue weighted by Gasteiger charge is -2.09. The molecular weight excluding hydrogens is 224 g/mol. The van der Waals surface area contributed by atoms with Crippen molar-refractivity contribution in [2.75, 3.05) is 0 Å². The van der Waals surface area contributed by atoms with E-state index in [1.54, 1.807) is 17.3 Å². The first kappa shape index (κ1) is 13.2. The van der Waals surface area contributed by atoms with Crippen molar-refractivity contribution in [2.45, 2.75) is 70.6 Å². The molecule has 0 amide bonds. The van der Waals surface area contributed by atoms with Crippen LogP contribution >= 0.6 is 0 Å². The molecule has 0 aliphatic heterocycles. The molecule has 0 spiro atoms. The van der Waals surface area contributed by atoms with Crippen LogP contribution in [0.2, 0.25) is 0 Å². The molecule has 0 saturated heterocycles. The smallest absolute Gasteiger partial charge is 0.141 e. The predicted octanol–water partition coefficient (Wildman–Crippen LogP) is 3.79. The van der Waals surface area contributed by atoms with E-state index in [2.05, 4.69) is 15.3 Å². The lowest BCUT2D eigenvalue weighted by molar-refractivity contribution is 0.554. The van der Waals surface area contributed by atoms with Crippen molar-refractivity contribution >= 4 is 5.71 Å². The second-order valence-electron chi connectivity index (χ2n) is 5.19. The highest BCUT2D eigenvalue weighted by atomic mass is 15.4. The van der Waals surface area contributed by atoms with Gasteiger partial charge in [0.05, 0.1) is 0 Å². The summed E-state index contributed by atoms with van der Waals surface area (Å²) in [5, 5.41) is 12.2. The fourth-order valence-corrected chi connectivity index (χ4v) is 2.53. The zero-order chi connectivity index (χ0) is 12.5. The molecule has 4 heteroatoms. The van der Waals surface area contributed by atoms with E-state index >= 15 is 0 Å². The van der Waals surface area contributed by atoms with Gasteiger partial charge in [0.15, 0.2) is 0 Å². The zero-order valence-corrected chi connectivity index (χ0v) is 11.2. The molecule has 0 bridgehead atoms. The van der Waals surface area contributed by atoms with Gasteiger partial charge in [-0.1, -0.05) is 44.9 Å². The molecule has 1 fully saturated rings. The summed E-state index contributed by atoms with van der Waals surface area (Å²) >= 11 is 0. The van der Waals surface area contributed by atoms with E-state index in [0.717, 1.165) is 12.8 Å². The maximum atomic E-state index is 4.61. The molecule has 1 aromatic heterocycles. The van der Waals surface area contributed by atoms with Crippen LogP contribution in [0.3, 0.4) is 0 Å². The monoisotopic (exact) mass is 248 g/mol. The predicted molar refractivity (Wildman–Crippen MR) is 73.6 cm³/mol. The summed E-state index contributed by atoms with van der Waals surface area (Å²) in [6.07, 6.45) is 17.9. The fraction of sp³-hybridized carbons (Fsp3) is 0.786. The standard InChI is InChI=1S/C14H24N4/c1-2-4-6-8-10-14(11-9-7-5-3-1)17-18-12-15-16-13-18/h12-13H,1-11H2. The molecule has 1 aromatic rings. The minimum atomic E-state index is 1.14. The molecule has 0 radical (unpaired) electrons. The maximum absolute atomic E-state index is 4.61. The summed E-state index contributed by atoms with van der Waals surface area (Å²) in [4.78, 5) is 0. The van der Waals surface area contributed by atoms with Crippen LogP contribution in [0.1, 0.15) is 70.6 Å². The van der Waals surface area contributed by atoms with Crippen LogP contribution in [0.15, 0.2) is 17.8 Å². The first-order valence-electron chi connectivity index (χ1n) is 7.36. The normalized spacial score (nSPS) is 19.9. The number of nitrogens with zero attached hydrogens (tertiary/aromatic N) is 4. The molecule has 1 aliphatic rings.